The van der Waals surface area contributed by atoms with E-state index in [1.165, 1.54) is 6.07 Å². The fraction of sp³-hybridized carbons (Fsp3) is 0.182. The van der Waals surface area contributed by atoms with Crippen LogP contribution in [0.1, 0.15) is 22.3 Å². The molecule has 84 valence electrons. The van der Waals surface area contributed by atoms with Gasteiger partial charge in [-0.15, -0.1) is 0 Å². The van der Waals surface area contributed by atoms with Gasteiger partial charge in [-0.2, -0.15) is 0 Å². The van der Waals surface area contributed by atoms with E-state index in [9.17, 15) is 14.4 Å². The van der Waals surface area contributed by atoms with E-state index < -0.39 is 24.0 Å². The summed E-state index contributed by atoms with van der Waals surface area (Å²) in [5.74, 6) is -2.97. The molecule has 5 heteroatoms. The van der Waals surface area contributed by atoms with Crippen LogP contribution in [0.4, 0.5) is 0 Å². The Kier molecular flexibility index (Phi) is 3.95. The van der Waals surface area contributed by atoms with Crippen molar-refractivity contribution >= 4 is 33.5 Å². The lowest BCUT2D eigenvalue weighted by atomic mass is 10.0. The quantitative estimate of drug-likeness (QED) is 0.521. The smallest absolute Gasteiger partial charge is 0.311 e. The summed E-state index contributed by atoms with van der Waals surface area (Å²) in [5.41, 5.74) is 0.882. The van der Waals surface area contributed by atoms with Gasteiger partial charge in [-0.25, -0.2) is 0 Å². The Morgan fingerprint density at radius 2 is 1.94 bits per heavy atom. The molecule has 1 rings (SSSR count). The van der Waals surface area contributed by atoms with E-state index in [0.717, 1.165) is 0 Å². The molecule has 0 fully saturated rings. The second kappa shape index (κ2) is 5.03. The van der Waals surface area contributed by atoms with Gasteiger partial charge in [0.05, 0.1) is 0 Å². The van der Waals surface area contributed by atoms with Crippen LogP contribution < -0.4 is 0 Å². The highest BCUT2D eigenvalue weighted by Crippen LogP contribution is 2.17. The van der Waals surface area contributed by atoms with Crippen molar-refractivity contribution < 1.29 is 19.5 Å². The third kappa shape index (κ3) is 3.00. The van der Waals surface area contributed by atoms with Crippen LogP contribution in [0.15, 0.2) is 22.7 Å². The number of aliphatic carboxylic acids is 1. The number of halogens is 1. The predicted octanol–water partition coefficient (Wildman–Crippen LogP) is 1.98. The Labute approximate surface area is 100 Å². The van der Waals surface area contributed by atoms with Crippen molar-refractivity contribution in [3.8, 4) is 0 Å². The molecule has 0 aromatic heterocycles. The topological polar surface area (TPSA) is 71.4 Å². The molecule has 0 bridgehead atoms. The van der Waals surface area contributed by atoms with Crippen LogP contribution in [0, 0.1) is 6.92 Å². The van der Waals surface area contributed by atoms with Crippen molar-refractivity contribution in [1.29, 1.82) is 0 Å². The highest BCUT2D eigenvalue weighted by atomic mass is 79.9. The molecule has 0 unspecified atom stereocenters. The number of rotatable bonds is 4. The molecule has 0 heterocycles. The first kappa shape index (κ1) is 12.6. The molecule has 0 radical (unpaired) electrons. The van der Waals surface area contributed by atoms with Crippen molar-refractivity contribution in [2.45, 2.75) is 13.3 Å². The monoisotopic (exact) mass is 284 g/mol. The summed E-state index contributed by atoms with van der Waals surface area (Å²) in [4.78, 5) is 33.2. The maximum absolute atomic E-state index is 11.6. The van der Waals surface area contributed by atoms with E-state index >= 15 is 0 Å². The number of carbonyl (C=O) groups excluding carboxylic acids is 2. The van der Waals surface area contributed by atoms with Crippen molar-refractivity contribution in [2.24, 2.45) is 0 Å². The van der Waals surface area contributed by atoms with Crippen LogP contribution in [0.3, 0.4) is 0 Å². The van der Waals surface area contributed by atoms with E-state index in [2.05, 4.69) is 15.9 Å². The van der Waals surface area contributed by atoms with Gasteiger partial charge in [0.1, 0.15) is 6.42 Å². The van der Waals surface area contributed by atoms with Gasteiger partial charge in [-0.05, 0) is 24.6 Å². The van der Waals surface area contributed by atoms with Gasteiger partial charge in [0.2, 0.25) is 11.6 Å². The Morgan fingerprint density at radius 3 is 2.50 bits per heavy atom. The average Bonchev–Trinajstić information content (AvgIpc) is 2.19. The maximum Gasteiger partial charge on any atom is 0.311 e. The molecule has 1 N–H and O–H groups in total. The minimum Gasteiger partial charge on any atom is -0.481 e. The second-order valence-corrected chi connectivity index (χ2v) is 4.20. The van der Waals surface area contributed by atoms with Gasteiger partial charge in [0, 0.05) is 10.0 Å². The molecule has 0 aliphatic heterocycles. The van der Waals surface area contributed by atoms with E-state index in [1.54, 1.807) is 19.1 Å². The van der Waals surface area contributed by atoms with Gasteiger partial charge in [-0.1, -0.05) is 22.0 Å². The van der Waals surface area contributed by atoms with Crippen LogP contribution in [0.25, 0.3) is 0 Å². The molecule has 0 aliphatic rings. The summed E-state index contributed by atoms with van der Waals surface area (Å²) < 4.78 is 0.671. The standard InChI is InChI=1S/C11H9BrO4/c1-6-2-3-7(12)4-8(6)11(16)9(13)5-10(14)15/h2-4H,5H2,1H3,(H,14,15). The molecule has 0 saturated heterocycles. The molecule has 0 amide bonds. The highest BCUT2D eigenvalue weighted by molar-refractivity contribution is 9.10. The molecule has 1 aromatic rings. The minimum atomic E-state index is -1.30. The molecular weight excluding hydrogens is 276 g/mol. The normalized spacial score (nSPS) is 9.88. The molecule has 0 atom stereocenters. The summed E-state index contributed by atoms with van der Waals surface area (Å²) in [6, 6.07) is 4.94. The number of carboxylic acid groups (broad SMARTS) is 1. The fourth-order valence-electron chi connectivity index (χ4n) is 1.21. The zero-order valence-electron chi connectivity index (χ0n) is 8.49. The average molecular weight is 285 g/mol. The van der Waals surface area contributed by atoms with Crippen LogP contribution >= 0.6 is 15.9 Å². The zero-order valence-corrected chi connectivity index (χ0v) is 10.1. The summed E-state index contributed by atoms with van der Waals surface area (Å²) in [6.07, 6.45) is -0.773. The van der Waals surface area contributed by atoms with Crippen LogP contribution in [-0.2, 0) is 9.59 Å². The third-order valence-corrected chi connectivity index (χ3v) is 2.50. The predicted molar refractivity (Wildman–Crippen MR) is 60.5 cm³/mol. The van der Waals surface area contributed by atoms with E-state index in [4.69, 9.17) is 5.11 Å². The lowest BCUT2D eigenvalue weighted by Gasteiger charge is -2.03. The van der Waals surface area contributed by atoms with Gasteiger partial charge in [0.15, 0.2) is 0 Å². The minimum absolute atomic E-state index is 0.237. The maximum atomic E-state index is 11.6. The molecule has 16 heavy (non-hydrogen) atoms. The molecule has 0 spiro atoms. The van der Waals surface area contributed by atoms with Crippen LogP contribution in [0.2, 0.25) is 0 Å². The van der Waals surface area contributed by atoms with E-state index in [0.29, 0.717) is 10.0 Å². The Bertz CT molecular complexity index is 465. The number of hydrogen-bond acceptors (Lipinski definition) is 3. The van der Waals surface area contributed by atoms with Gasteiger partial charge in [-0.3, -0.25) is 14.4 Å². The first-order valence-electron chi connectivity index (χ1n) is 4.47. The van der Waals surface area contributed by atoms with E-state index in [1.807, 2.05) is 0 Å². The lowest BCUT2D eigenvalue weighted by Crippen LogP contribution is -2.18. The van der Waals surface area contributed by atoms with Gasteiger partial charge in [0.25, 0.3) is 0 Å². The zero-order chi connectivity index (χ0) is 12.3. The number of benzene rings is 1. The summed E-state index contributed by atoms with van der Waals surface area (Å²) in [7, 11) is 0. The number of ketones is 2. The summed E-state index contributed by atoms with van der Waals surface area (Å²) in [5, 5.41) is 8.42. The summed E-state index contributed by atoms with van der Waals surface area (Å²) >= 11 is 3.18. The largest absolute Gasteiger partial charge is 0.481 e. The van der Waals surface area contributed by atoms with Crippen molar-refractivity contribution in [1.82, 2.24) is 0 Å². The fourth-order valence-corrected chi connectivity index (χ4v) is 1.57. The molecule has 0 saturated carbocycles. The Hall–Kier alpha value is -1.49. The molecule has 1 aromatic carbocycles. The van der Waals surface area contributed by atoms with Gasteiger partial charge >= 0.3 is 5.97 Å². The number of Topliss-reactive ketones (excluding diaryl/α,β-unsaturated/α-hetero) is 2. The first-order valence-corrected chi connectivity index (χ1v) is 5.26. The van der Waals surface area contributed by atoms with Crippen LogP contribution in [-0.4, -0.2) is 22.6 Å². The van der Waals surface area contributed by atoms with Crippen molar-refractivity contribution in [3.05, 3.63) is 33.8 Å². The number of hydrogen-bond donors (Lipinski definition) is 1. The molecule has 4 nitrogen and oxygen atoms in total. The van der Waals surface area contributed by atoms with Crippen molar-refractivity contribution in [2.75, 3.05) is 0 Å². The molecular formula is C11H9BrO4. The third-order valence-electron chi connectivity index (χ3n) is 2.01. The lowest BCUT2D eigenvalue weighted by molar-refractivity contribution is -0.139. The second-order valence-electron chi connectivity index (χ2n) is 3.28. The van der Waals surface area contributed by atoms with Crippen LogP contribution in [0.5, 0.6) is 0 Å². The highest BCUT2D eigenvalue weighted by Gasteiger charge is 2.20. The first-order chi connectivity index (χ1) is 7.41. The number of carboxylic acids is 1. The number of aryl methyl sites for hydroxylation is 1. The van der Waals surface area contributed by atoms with Gasteiger partial charge < -0.3 is 5.11 Å². The summed E-state index contributed by atoms with van der Waals surface area (Å²) in [6.45, 7) is 1.69. The van der Waals surface area contributed by atoms with E-state index in [-0.39, 0.29) is 5.56 Å². The van der Waals surface area contributed by atoms with Crippen molar-refractivity contribution in [3.63, 3.8) is 0 Å². The SMILES string of the molecule is Cc1ccc(Br)cc1C(=O)C(=O)CC(=O)O. The number of carbonyl (C=O) groups is 3. The Balaban J connectivity index is 3.00. The Morgan fingerprint density at radius 1 is 1.31 bits per heavy atom. The molecule has 0 aliphatic carbocycles.